The number of carbonyl (C=O) groups is 1. The van der Waals surface area contributed by atoms with Gasteiger partial charge < -0.3 is 5.32 Å². The first-order chi connectivity index (χ1) is 10.7. The highest BCUT2D eigenvalue weighted by atomic mass is 35.5. The monoisotopic (exact) mass is 352 g/mol. The van der Waals surface area contributed by atoms with Crippen LogP contribution in [0.1, 0.15) is 15.9 Å². The van der Waals surface area contributed by atoms with Crippen LogP contribution in [-0.2, 0) is 9.84 Å². The van der Waals surface area contributed by atoms with E-state index in [1.165, 1.54) is 24.3 Å². The van der Waals surface area contributed by atoms with Crippen LogP contribution in [0.2, 0.25) is 5.02 Å². The van der Waals surface area contributed by atoms with Gasteiger partial charge in [0.05, 0.1) is 21.0 Å². The summed E-state index contributed by atoms with van der Waals surface area (Å²) in [4.78, 5) is 12.2. The average molecular weight is 353 g/mol. The number of halogens is 2. The van der Waals surface area contributed by atoms with Gasteiger partial charge in [0, 0.05) is 11.9 Å². The SMILES string of the molecule is CS(=O)(=O)c1ccc(Cl)c(C(=O)Nc2ccc(F)c(C#N)c2)c1. The molecule has 1 amide bonds. The molecular weight excluding hydrogens is 343 g/mol. The van der Waals surface area contributed by atoms with Gasteiger partial charge in [-0.25, -0.2) is 12.8 Å². The third kappa shape index (κ3) is 3.86. The minimum atomic E-state index is -3.50. The van der Waals surface area contributed by atoms with Gasteiger partial charge in [0.15, 0.2) is 9.84 Å². The Labute approximate surface area is 137 Å². The molecule has 1 N–H and O–H groups in total. The van der Waals surface area contributed by atoms with E-state index in [0.29, 0.717) is 0 Å². The van der Waals surface area contributed by atoms with E-state index in [-0.39, 0.29) is 26.7 Å². The van der Waals surface area contributed by atoms with Gasteiger partial charge in [0.25, 0.3) is 5.91 Å². The summed E-state index contributed by atoms with van der Waals surface area (Å²) in [5.74, 6) is -1.38. The number of amides is 1. The predicted molar refractivity (Wildman–Crippen MR) is 83.6 cm³/mol. The third-order valence-electron chi connectivity index (χ3n) is 2.96. The molecule has 5 nitrogen and oxygen atoms in total. The molecule has 8 heteroatoms. The summed E-state index contributed by atoms with van der Waals surface area (Å²) >= 11 is 5.92. The molecule has 0 aliphatic carbocycles. The number of hydrogen-bond acceptors (Lipinski definition) is 4. The van der Waals surface area contributed by atoms with Crippen molar-refractivity contribution in [2.75, 3.05) is 11.6 Å². The summed E-state index contributed by atoms with van der Waals surface area (Å²) in [7, 11) is -3.50. The van der Waals surface area contributed by atoms with E-state index < -0.39 is 21.6 Å². The molecule has 2 rings (SSSR count). The maximum atomic E-state index is 13.3. The predicted octanol–water partition coefficient (Wildman–Crippen LogP) is 3.01. The summed E-state index contributed by atoms with van der Waals surface area (Å²) in [6.45, 7) is 0. The topological polar surface area (TPSA) is 87.0 Å². The van der Waals surface area contributed by atoms with E-state index in [2.05, 4.69) is 5.32 Å². The molecular formula is C15H10ClFN2O3S. The van der Waals surface area contributed by atoms with Crippen molar-refractivity contribution < 1.29 is 17.6 Å². The number of sulfone groups is 1. The van der Waals surface area contributed by atoms with Crippen LogP contribution >= 0.6 is 11.6 Å². The van der Waals surface area contributed by atoms with E-state index in [1.807, 2.05) is 0 Å². The molecule has 0 unspecified atom stereocenters. The van der Waals surface area contributed by atoms with Crippen molar-refractivity contribution in [3.63, 3.8) is 0 Å². The highest BCUT2D eigenvalue weighted by Crippen LogP contribution is 2.22. The van der Waals surface area contributed by atoms with Crippen LogP contribution in [0.4, 0.5) is 10.1 Å². The number of nitrogens with one attached hydrogen (secondary N) is 1. The molecule has 0 radical (unpaired) electrons. The molecule has 0 spiro atoms. The summed E-state index contributed by atoms with van der Waals surface area (Å²) in [6, 6.07) is 8.90. The smallest absolute Gasteiger partial charge is 0.257 e. The largest absolute Gasteiger partial charge is 0.322 e. The lowest BCUT2D eigenvalue weighted by Gasteiger charge is -2.09. The van der Waals surface area contributed by atoms with Crippen molar-refractivity contribution in [3.05, 3.63) is 58.4 Å². The number of nitriles is 1. The van der Waals surface area contributed by atoms with Crippen LogP contribution in [0.25, 0.3) is 0 Å². The minimum Gasteiger partial charge on any atom is -0.322 e. The maximum absolute atomic E-state index is 13.3. The minimum absolute atomic E-state index is 0.0441. The molecule has 0 fully saturated rings. The van der Waals surface area contributed by atoms with Gasteiger partial charge in [0.2, 0.25) is 0 Å². The Bertz CT molecular complexity index is 936. The Morgan fingerprint density at radius 3 is 2.57 bits per heavy atom. The van der Waals surface area contributed by atoms with E-state index in [4.69, 9.17) is 16.9 Å². The summed E-state index contributed by atoms with van der Waals surface area (Å²) < 4.78 is 36.3. The van der Waals surface area contributed by atoms with Crippen molar-refractivity contribution in [2.45, 2.75) is 4.90 Å². The molecule has 0 atom stereocenters. The molecule has 23 heavy (non-hydrogen) atoms. The Morgan fingerprint density at radius 2 is 1.96 bits per heavy atom. The van der Waals surface area contributed by atoms with Gasteiger partial charge in [-0.3, -0.25) is 4.79 Å². The number of rotatable bonds is 3. The fraction of sp³-hybridized carbons (Fsp3) is 0.0667. The van der Waals surface area contributed by atoms with Crippen LogP contribution in [-0.4, -0.2) is 20.6 Å². The van der Waals surface area contributed by atoms with Gasteiger partial charge in [-0.1, -0.05) is 11.6 Å². The Hall–Kier alpha value is -2.43. The highest BCUT2D eigenvalue weighted by molar-refractivity contribution is 7.90. The first-order valence-electron chi connectivity index (χ1n) is 6.23. The first kappa shape index (κ1) is 16.9. The standard InChI is InChI=1S/C15H10ClFN2O3S/c1-23(21,22)11-3-4-13(16)12(7-11)15(20)19-10-2-5-14(17)9(6-10)8-18/h2-7H,1H3,(H,19,20). The average Bonchev–Trinajstić information content (AvgIpc) is 2.48. The fourth-order valence-electron chi connectivity index (χ4n) is 1.80. The zero-order valence-electron chi connectivity index (χ0n) is 11.8. The van der Waals surface area contributed by atoms with Gasteiger partial charge in [-0.05, 0) is 36.4 Å². The van der Waals surface area contributed by atoms with Crippen molar-refractivity contribution in [1.29, 1.82) is 5.26 Å². The third-order valence-corrected chi connectivity index (χ3v) is 4.40. The molecule has 0 saturated heterocycles. The van der Waals surface area contributed by atoms with E-state index in [9.17, 15) is 17.6 Å². The second-order valence-corrected chi connectivity index (χ2v) is 7.10. The fourth-order valence-corrected chi connectivity index (χ4v) is 2.65. The van der Waals surface area contributed by atoms with Crippen LogP contribution in [0.5, 0.6) is 0 Å². The molecule has 2 aromatic rings. The van der Waals surface area contributed by atoms with E-state index in [1.54, 1.807) is 6.07 Å². The quantitative estimate of drug-likeness (QED) is 0.919. The van der Waals surface area contributed by atoms with Crippen molar-refractivity contribution >= 4 is 33.0 Å². The number of carbonyl (C=O) groups excluding carboxylic acids is 1. The summed E-state index contributed by atoms with van der Waals surface area (Å²) in [5.41, 5.74) is -0.0787. The van der Waals surface area contributed by atoms with Crippen LogP contribution in [0, 0.1) is 17.1 Å². The molecule has 0 aromatic heterocycles. The lowest BCUT2D eigenvalue weighted by atomic mass is 10.1. The molecule has 0 bridgehead atoms. The summed E-state index contributed by atoms with van der Waals surface area (Å²) in [5, 5.41) is 11.3. The van der Waals surface area contributed by atoms with Crippen molar-refractivity contribution in [1.82, 2.24) is 0 Å². The van der Waals surface area contributed by atoms with Gasteiger partial charge >= 0.3 is 0 Å². The molecule has 2 aromatic carbocycles. The lowest BCUT2D eigenvalue weighted by molar-refractivity contribution is 0.102. The van der Waals surface area contributed by atoms with Crippen LogP contribution in [0.15, 0.2) is 41.3 Å². The molecule has 0 aliphatic heterocycles. The van der Waals surface area contributed by atoms with Crippen LogP contribution in [0.3, 0.4) is 0 Å². The maximum Gasteiger partial charge on any atom is 0.257 e. The lowest BCUT2D eigenvalue weighted by Crippen LogP contribution is -2.13. The molecule has 0 saturated carbocycles. The van der Waals surface area contributed by atoms with Gasteiger partial charge in [-0.2, -0.15) is 5.26 Å². The normalized spacial score (nSPS) is 10.9. The van der Waals surface area contributed by atoms with Gasteiger partial charge in [-0.15, -0.1) is 0 Å². The zero-order valence-corrected chi connectivity index (χ0v) is 13.4. The Kier molecular flexibility index (Phi) is 4.68. The number of nitrogens with zero attached hydrogens (tertiary/aromatic N) is 1. The molecule has 118 valence electrons. The Balaban J connectivity index is 2.37. The zero-order chi connectivity index (χ0) is 17.2. The first-order valence-corrected chi connectivity index (χ1v) is 8.50. The second-order valence-electron chi connectivity index (χ2n) is 4.67. The highest BCUT2D eigenvalue weighted by Gasteiger charge is 2.16. The number of benzene rings is 2. The van der Waals surface area contributed by atoms with E-state index >= 15 is 0 Å². The van der Waals surface area contributed by atoms with Crippen LogP contribution < -0.4 is 5.32 Å². The number of hydrogen-bond donors (Lipinski definition) is 1. The Morgan fingerprint density at radius 1 is 1.26 bits per heavy atom. The molecule has 0 heterocycles. The molecule has 0 aliphatic rings. The van der Waals surface area contributed by atoms with Crippen molar-refractivity contribution in [3.8, 4) is 6.07 Å². The summed E-state index contributed by atoms with van der Waals surface area (Å²) in [6.07, 6.45) is 1.01. The second kappa shape index (κ2) is 6.36. The number of anilines is 1. The van der Waals surface area contributed by atoms with Gasteiger partial charge in [0.1, 0.15) is 11.9 Å². The van der Waals surface area contributed by atoms with E-state index in [0.717, 1.165) is 18.4 Å². The van der Waals surface area contributed by atoms with Crippen molar-refractivity contribution in [2.24, 2.45) is 0 Å².